The molecule has 7 heteroatoms. The van der Waals surface area contributed by atoms with Crippen molar-refractivity contribution in [2.45, 2.75) is 44.2 Å². The van der Waals surface area contributed by atoms with Crippen LogP contribution in [-0.4, -0.2) is 48.5 Å². The number of carboxylic acid groups (broad SMARTS) is 1. The van der Waals surface area contributed by atoms with Gasteiger partial charge >= 0.3 is 6.18 Å². The highest BCUT2D eigenvalue weighted by atomic mass is 19.4. The molecule has 2 fully saturated rings. The van der Waals surface area contributed by atoms with Gasteiger partial charge in [0.1, 0.15) is 24.7 Å². The number of epoxide rings is 1. The third kappa shape index (κ3) is 4.48. The van der Waals surface area contributed by atoms with Crippen molar-refractivity contribution in [2.24, 2.45) is 0 Å². The van der Waals surface area contributed by atoms with Gasteiger partial charge in [0.2, 0.25) is 0 Å². The van der Waals surface area contributed by atoms with E-state index >= 15 is 0 Å². The number of fused-ring (bicyclic) bond motifs is 1. The molecule has 0 radical (unpaired) electrons. The molecular weight excluding hydrogens is 323 g/mol. The largest absolute Gasteiger partial charge is 0.542 e. The van der Waals surface area contributed by atoms with E-state index in [0.717, 1.165) is 11.0 Å². The number of hydrogen-bond acceptors (Lipinski definition) is 3. The molecule has 1 aromatic rings. The number of benzene rings is 1. The second-order valence-corrected chi connectivity index (χ2v) is 6.74. The first kappa shape index (κ1) is 18.7. The van der Waals surface area contributed by atoms with Crippen LogP contribution < -0.4 is 5.11 Å². The lowest BCUT2D eigenvalue weighted by Crippen LogP contribution is -2.54. The van der Waals surface area contributed by atoms with Crippen LogP contribution in [0.15, 0.2) is 30.3 Å². The van der Waals surface area contributed by atoms with Crippen LogP contribution in [0.3, 0.4) is 0 Å². The summed E-state index contributed by atoms with van der Waals surface area (Å²) < 4.78 is 38.6. The van der Waals surface area contributed by atoms with Crippen molar-refractivity contribution < 1.29 is 32.3 Å². The Labute approximate surface area is 139 Å². The number of quaternary nitrogens is 1. The molecule has 3 rings (SSSR count). The molecule has 2 aliphatic heterocycles. The van der Waals surface area contributed by atoms with Gasteiger partial charge in [0.05, 0.1) is 19.7 Å². The maximum Gasteiger partial charge on any atom is 0.430 e. The van der Waals surface area contributed by atoms with Crippen molar-refractivity contribution in [3.05, 3.63) is 35.9 Å². The van der Waals surface area contributed by atoms with Gasteiger partial charge in [-0.15, -0.1) is 0 Å². The lowest BCUT2D eigenvalue weighted by molar-refractivity contribution is -0.928. The van der Waals surface area contributed by atoms with Gasteiger partial charge in [0.15, 0.2) is 0 Å². The Morgan fingerprint density at radius 2 is 1.96 bits per heavy atom. The van der Waals surface area contributed by atoms with Gasteiger partial charge < -0.3 is 19.1 Å². The van der Waals surface area contributed by atoms with Crippen molar-refractivity contribution >= 4 is 5.97 Å². The molecule has 0 N–H and O–H groups in total. The quantitative estimate of drug-likeness (QED) is 0.621. The molecule has 2 saturated heterocycles. The summed E-state index contributed by atoms with van der Waals surface area (Å²) in [7, 11) is 2.38. The summed E-state index contributed by atoms with van der Waals surface area (Å²) in [5.74, 6) is -3.01. The Morgan fingerprint density at radius 3 is 2.46 bits per heavy atom. The number of nitrogens with zero attached hydrogens (tertiary/aromatic N) is 1. The minimum absolute atomic E-state index is 0.224. The molecule has 4 nitrogen and oxygen atoms in total. The first-order chi connectivity index (χ1) is 11.1. The molecule has 2 heterocycles. The van der Waals surface area contributed by atoms with Crippen molar-refractivity contribution in [1.29, 1.82) is 0 Å². The van der Waals surface area contributed by atoms with Crippen molar-refractivity contribution in [3.63, 3.8) is 0 Å². The molecule has 0 saturated carbocycles. The summed E-state index contributed by atoms with van der Waals surface area (Å²) in [6.07, 6.45) is -2.23. The molecule has 0 aromatic heterocycles. The molecule has 0 spiro atoms. The zero-order valence-corrected chi connectivity index (χ0v) is 13.8. The van der Waals surface area contributed by atoms with Crippen LogP contribution in [0.25, 0.3) is 0 Å². The van der Waals surface area contributed by atoms with E-state index in [2.05, 4.69) is 44.3 Å². The highest BCUT2D eigenvalue weighted by Gasteiger charge is 2.62. The fourth-order valence-electron chi connectivity index (χ4n) is 3.45. The fourth-order valence-corrected chi connectivity index (χ4v) is 3.45. The minimum atomic E-state index is -5.19. The number of carbonyl (C=O) groups is 1. The molecule has 1 aromatic carbocycles. The summed E-state index contributed by atoms with van der Waals surface area (Å²) in [6.45, 7) is 5.83. The van der Waals surface area contributed by atoms with E-state index in [0.29, 0.717) is 6.10 Å². The maximum absolute atomic E-state index is 10.5. The number of rotatable bonds is 3. The van der Waals surface area contributed by atoms with Crippen LogP contribution >= 0.6 is 0 Å². The van der Waals surface area contributed by atoms with Gasteiger partial charge in [0, 0.05) is 12.0 Å². The molecule has 134 valence electrons. The third-order valence-corrected chi connectivity index (χ3v) is 4.72. The Hall–Kier alpha value is -1.60. The Balaban J connectivity index is 0.000000256. The van der Waals surface area contributed by atoms with Gasteiger partial charge in [-0.25, -0.2) is 0 Å². The maximum atomic E-state index is 10.5. The second kappa shape index (κ2) is 6.72. The summed E-state index contributed by atoms with van der Waals surface area (Å²) in [6, 6.07) is 10.8. The number of hydrogen-bond donors (Lipinski definition) is 0. The number of ether oxygens (including phenoxy) is 1. The standard InChI is InChI=1S/C15H22NO.C2HF3O2/c1-3-15-12-16(2,10-9-14(15)17-15)11-13-7-5-4-6-8-13;3-2(4,5)1(6)7/h4-8,14H,3,9-12H2,1-2H3;(H,6,7)/q+1;/p-1. The SMILES string of the molecule is CCC12C[N+](C)(Cc3ccccc3)CCC1O2.O=C([O-])C(F)(F)F. The highest BCUT2D eigenvalue weighted by Crippen LogP contribution is 2.47. The number of aliphatic carboxylic acids is 1. The number of carboxylic acids is 1. The third-order valence-electron chi connectivity index (χ3n) is 4.72. The average molecular weight is 345 g/mol. The zero-order valence-electron chi connectivity index (χ0n) is 13.8. The van der Waals surface area contributed by atoms with E-state index in [-0.39, 0.29) is 5.60 Å². The van der Waals surface area contributed by atoms with E-state index in [1.165, 1.54) is 31.5 Å². The topological polar surface area (TPSA) is 52.7 Å². The monoisotopic (exact) mass is 345 g/mol. The van der Waals surface area contributed by atoms with E-state index in [4.69, 9.17) is 14.6 Å². The van der Waals surface area contributed by atoms with E-state index < -0.39 is 12.1 Å². The molecular formula is C17H22F3NO3. The summed E-state index contributed by atoms with van der Waals surface area (Å²) in [5.41, 5.74) is 1.67. The lowest BCUT2D eigenvalue weighted by atomic mass is 9.93. The van der Waals surface area contributed by atoms with E-state index in [9.17, 15) is 13.2 Å². The average Bonchev–Trinajstić information content (AvgIpc) is 3.21. The smallest absolute Gasteiger partial charge is 0.430 e. The molecule has 3 unspecified atom stereocenters. The van der Waals surface area contributed by atoms with Gasteiger partial charge in [-0.1, -0.05) is 37.3 Å². The molecule has 24 heavy (non-hydrogen) atoms. The second-order valence-electron chi connectivity index (χ2n) is 6.74. The Morgan fingerprint density at radius 1 is 1.38 bits per heavy atom. The summed E-state index contributed by atoms with van der Waals surface area (Å²) in [4.78, 5) is 8.78. The number of halogens is 3. The predicted octanol–water partition coefficient (Wildman–Crippen LogP) is 1.88. The molecule has 0 aliphatic carbocycles. The zero-order chi connectivity index (χ0) is 18.0. The number of alkyl halides is 3. The van der Waals surface area contributed by atoms with Crippen LogP contribution in [0.5, 0.6) is 0 Å². The lowest BCUT2D eigenvalue weighted by Gasteiger charge is -2.39. The summed E-state index contributed by atoms with van der Waals surface area (Å²) >= 11 is 0. The van der Waals surface area contributed by atoms with Gasteiger partial charge in [0.25, 0.3) is 0 Å². The van der Waals surface area contributed by atoms with Crippen LogP contribution in [0.4, 0.5) is 13.2 Å². The van der Waals surface area contributed by atoms with Crippen LogP contribution in [0.1, 0.15) is 25.3 Å². The van der Waals surface area contributed by atoms with Crippen molar-refractivity contribution in [3.8, 4) is 0 Å². The van der Waals surface area contributed by atoms with Crippen LogP contribution in [0, 0.1) is 0 Å². The number of likely N-dealkylation sites (tertiary alicyclic amines) is 1. The number of piperidine rings is 1. The number of likely N-dealkylation sites (N-methyl/N-ethyl adjacent to an activating group) is 1. The molecule has 2 aliphatic rings. The van der Waals surface area contributed by atoms with Crippen LogP contribution in [-0.2, 0) is 16.1 Å². The fraction of sp³-hybridized carbons (Fsp3) is 0.588. The Bertz CT molecular complexity index is 578. The summed E-state index contributed by atoms with van der Waals surface area (Å²) in [5, 5.41) is 8.78. The molecule has 0 amide bonds. The first-order valence-electron chi connectivity index (χ1n) is 7.94. The molecule has 3 atom stereocenters. The minimum Gasteiger partial charge on any atom is -0.542 e. The van der Waals surface area contributed by atoms with Crippen molar-refractivity contribution in [2.75, 3.05) is 20.1 Å². The normalized spacial score (nSPS) is 31.5. The number of carbonyl (C=O) groups excluding carboxylic acids is 1. The van der Waals surface area contributed by atoms with Crippen LogP contribution in [0.2, 0.25) is 0 Å². The van der Waals surface area contributed by atoms with Gasteiger partial charge in [-0.2, -0.15) is 13.2 Å². The van der Waals surface area contributed by atoms with E-state index in [1.54, 1.807) is 0 Å². The Kier molecular flexibility index (Phi) is 5.25. The van der Waals surface area contributed by atoms with Gasteiger partial charge in [-0.05, 0) is 6.42 Å². The predicted molar refractivity (Wildman–Crippen MR) is 79.6 cm³/mol. The van der Waals surface area contributed by atoms with E-state index in [1.807, 2.05) is 0 Å². The first-order valence-corrected chi connectivity index (χ1v) is 7.94. The highest BCUT2D eigenvalue weighted by molar-refractivity contribution is 5.70. The van der Waals surface area contributed by atoms with Crippen molar-refractivity contribution in [1.82, 2.24) is 0 Å². The van der Waals surface area contributed by atoms with Gasteiger partial charge in [-0.3, -0.25) is 0 Å². The molecule has 0 bridgehead atoms.